The zero-order valence-electron chi connectivity index (χ0n) is 9.61. The van der Waals surface area contributed by atoms with Crippen LogP contribution in [0.25, 0.3) is 0 Å². The van der Waals surface area contributed by atoms with Crippen LogP contribution in [0, 0.1) is 17.2 Å². The van der Waals surface area contributed by atoms with Crippen LogP contribution in [0.1, 0.15) is 11.5 Å². The highest BCUT2D eigenvalue weighted by atomic mass is 19.4. The van der Waals surface area contributed by atoms with Gasteiger partial charge in [0, 0.05) is 5.92 Å². The number of carbonyl (C=O) groups excluding carboxylic acids is 1. The molecule has 1 amide bonds. The summed E-state index contributed by atoms with van der Waals surface area (Å²) in [6, 6.07) is 9.95. The fraction of sp³-hybridized carbons (Fsp3) is 0.231. The van der Waals surface area contributed by atoms with Crippen molar-refractivity contribution in [2.24, 2.45) is 5.92 Å². The summed E-state index contributed by atoms with van der Waals surface area (Å²) in [7, 11) is 0. The number of carbonyl (C=O) groups is 1. The van der Waals surface area contributed by atoms with E-state index in [4.69, 9.17) is 5.26 Å². The molecule has 1 aromatic carbocycles. The number of hydrogen-bond acceptors (Lipinski definition) is 2. The lowest BCUT2D eigenvalue weighted by atomic mass is 9.83. The zero-order chi connectivity index (χ0) is 14.0. The maximum atomic E-state index is 12.7. The molecule has 0 bridgehead atoms. The lowest BCUT2D eigenvalue weighted by Crippen LogP contribution is -2.41. The van der Waals surface area contributed by atoms with Crippen LogP contribution in [0.4, 0.5) is 13.2 Å². The molecule has 19 heavy (non-hydrogen) atoms. The summed E-state index contributed by atoms with van der Waals surface area (Å²) in [5.41, 5.74) is -0.608. The van der Waals surface area contributed by atoms with Gasteiger partial charge < -0.3 is 5.32 Å². The van der Waals surface area contributed by atoms with E-state index in [0.29, 0.717) is 5.56 Å². The van der Waals surface area contributed by atoms with Gasteiger partial charge in [0.1, 0.15) is 11.6 Å². The Morgan fingerprint density at radius 1 is 1.21 bits per heavy atom. The Bertz CT molecular complexity index is 557. The minimum atomic E-state index is -4.64. The summed E-state index contributed by atoms with van der Waals surface area (Å²) in [5, 5.41) is 10.7. The second-order valence-corrected chi connectivity index (χ2v) is 4.11. The van der Waals surface area contributed by atoms with Crippen molar-refractivity contribution in [1.29, 1.82) is 5.26 Å². The Morgan fingerprint density at radius 2 is 1.84 bits per heavy atom. The standard InChI is InChI=1S/C13H9F3N2O/c14-13(15,16)11-6-9(8-4-2-1-3-5-8)10(7-17)12(19)18-11/h1-6,9-10H,(H,18,19)/t9-,10+/m1/s1. The molecule has 0 unspecified atom stereocenters. The molecule has 2 rings (SSSR count). The van der Waals surface area contributed by atoms with E-state index in [9.17, 15) is 18.0 Å². The van der Waals surface area contributed by atoms with Crippen molar-refractivity contribution >= 4 is 5.91 Å². The number of alkyl halides is 3. The average Bonchev–Trinajstić information content (AvgIpc) is 2.37. The highest BCUT2D eigenvalue weighted by Gasteiger charge is 2.42. The average molecular weight is 266 g/mol. The molecule has 0 aliphatic carbocycles. The Hall–Kier alpha value is -2.29. The van der Waals surface area contributed by atoms with Crippen LogP contribution in [-0.4, -0.2) is 12.1 Å². The van der Waals surface area contributed by atoms with E-state index in [2.05, 4.69) is 0 Å². The number of halogens is 3. The molecule has 0 spiro atoms. The monoisotopic (exact) mass is 266 g/mol. The van der Waals surface area contributed by atoms with Crippen molar-refractivity contribution in [1.82, 2.24) is 5.32 Å². The predicted octanol–water partition coefficient (Wildman–Crippen LogP) is 2.49. The first kappa shape index (κ1) is 13.1. The van der Waals surface area contributed by atoms with Gasteiger partial charge in [0.15, 0.2) is 0 Å². The second-order valence-electron chi connectivity index (χ2n) is 4.11. The maximum Gasteiger partial charge on any atom is 0.431 e. The molecular formula is C13H9F3N2O. The van der Waals surface area contributed by atoms with E-state index >= 15 is 0 Å². The van der Waals surface area contributed by atoms with E-state index in [1.165, 1.54) is 0 Å². The first-order chi connectivity index (χ1) is 8.93. The number of allylic oxidation sites excluding steroid dienone is 2. The van der Waals surface area contributed by atoms with E-state index < -0.39 is 29.6 Å². The van der Waals surface area contributed by atoms with E-state index in [-0.39, 0.29) is 0 Å². The van der Waals surface area contributed by atoms with Gasteiger partial charge in [-0.1, -0.05) is 30.3 Å². The molecule has 6 heteroatoms. The molecule has 2 atom stereocenters. The molecule has 0 saturated carbocycles. The molecule has 1 aliphatic rings. The van der Waals surface area contributed by atoms with Gasteiger partial charge in [-0.05, 0) is 11.6 Å². The van der Waals surface area contributed by atoms with Crippen molar-refractivity contribution in [3.05, 3.63) is 47.7 Å². The normalized spacial score (nSPS) is 23.3. The Kier molecular flexibility index (Phi) is 3.30. The molecule has 98 valence electrons. The largest absolute Gasteiger partial charge is 0.431 e. The summed E-state index contributed by atoms with van der Waals surface area (Å²) in [5.74, 6) is -2.98. The summed E-state index contributed by atoms with van der Waals surface area (Å²) >= 11 is 0. The van der Waals surface area contributed by atoms with Gasteiger partial charge >= 0.3 is 6.18 Å². The van der Waals surface area contributed by atoms with E-state index in [1.807, 2.05) is 0 Å². The molecule has 3 nitrogen and oxygen atoms in total. The molecule has 0 aromatic heterocycles. The summed E-state index contributed by atoms with van der Waals surface area (Å²) in [6.45, 7) is 0. The first-order valence-corrected chi connectivity index (χ1v) is 5.48. The topological polar surface area (TPSA) is 52.9 Å². The van der Waals surface area contributed by atoms with Crippen LogP contribution in [0.2, 0.25) is 0 Å². The van der Waals surface area contributed by atoms with Crippen LogP contribution in [-0.2, 0) is 4.79 Å². The molecule has 0 radical (unpaired) electrons. The van der Waals surface area contributed by atoms with Crippen molar-refractivity contribution in [3.8, 4) is 6.07 Å². The minimum absolute atomic E-state index is 0.505. The van der Waals surface area contributed by atoms with Crippen LogP contribution in [0.3, 0.4) is 0 Å². The molecule has 0 saturated heterocycles. The lowest BCUT2D eigenvalue weighted by Gasteiger charge is -2.27. The number of hydrogen-bond donors (Lipinski definition) is 1. The maximum absolute atomic E-state index is 12.7. The summed E-state index contributed by atoms with van der Waals surface area (Å²) < 4.78 is 38.0. The molecule has 1 aliphatic heterocycles. The van der Waals surface area contributed by atoms with E-state index in [1.54, 1.807) is 41.7 Å². The van der Waals surface area contributed by atoms with Gasteiger partial charge in [0.2, 0.25) is 5.91 Å². The fourth-order valence-electron chi connectivity index (χ4n) is 1.96. The molecule has 1 N–H and O–H groups in total. The second kappa shape index (κ2) is 4.76. The molecular weight excluding hydrogens is 257 g/mol. The number of amides is 1. The number of benzene rings is 1. The van der Waals surface area contributed by atoms with Gasteiger partial charge in [0.25, 0.3) is 0 Å². The Morgan fingerprint density at radius 3 is 2.37 bits per heavy atom. The number of rotatable bonds is 1. The Balaban J connectivity index is 2.48. The third kappa shape index (κ3) is 2.60. The van der Waals surface area contributed by atoms with Gasteiger partial charge in [0.05, 0.1) is 6.07 Å². The first-order valence-electron chi connectivity index (χ1n) is 5.48. The van der Waals surface area contributed by atoms with Crippen molar-refractivity contribution in [2.45, 2.75) is 12.1 Å². The van der Waals surface area contributed by atoms with Gasteiger partial charge in [-0.2, -0.15) is 18.4 Å². The third-order valence-corrected chi connectivity index (χ3v) is 2.87. The van der Waals surface area contributed by atoms with Crippen LogP contribution in [0.5, 0.6) is 0 Å². The smallest absolute Gasteiger partial charge is 0.321 e. The zero-order valence-corrected chi connectivity index (χ0v) is 9.61. The molecule has 1 heterocycles. The number of nitrogens with zero attached hydrogens (tertiary/aromatic N) is 1. The van der Waals surface area contributed by atoms with Gasteiger partial charge in [-0.15, -0.1) is 0 Å². The van der Waals surface area contributed by atoms with Crippen molar-refractivity contribution in [3.63, 3.8) is 0 Å². The van der Waals surface area contributed by atoms with Crippen molar-refractivity contribution in [2.75, 3.05) is 0 Å². The van der Waals surface area contributed by atoms with E-state index in [0.717, 1.165) is 6.08 Å². The quantitative estimate of drug-likeness (QED) is 0.849. The van der Waals surface area contributed by atoms with Crippen LogP contribution >= 0.6 is 0 Å². The van der Waals surface area contributed by atoms with Crippen LogP contribution < -0.4 is 5.32 Å². The SMILES string of the molecule is N#C[C@@H]1C(=O)NC(C(F)(F)F)=C[C@@H]1c1ccccc1. The van der Waals surface area contributed by atoms with Gasteiger partial charge in [-0.3, -0.25) is 4.79 Å². The number of nitriles is 1. The Labute approximate surface area is 107 Å². The predicted molar refractivity (Wildman–Crippen MR) is 60.6 cm³/mol. The molecule has 0 fully saturated rings. The lowest BCUT2D eigenvalue weighted by molar-refractivity contribution is -0.130. The highest BCUT2D eigenvalue weighted by Crippen LogP contribution is 2.35. The summed E-state index contributed by atoms with van der Waals surface area (Å²) in [4.78, 5) is 11.6. The van der Waals surface area contributed by atoms with Crippen molar-refractivity contribution < 1.29 is 18.0 Å². The minimum Gasteiger partial charge on any atom is -0.321 e. The molecule has 1 aromatic rings. The van der Waals surface area contributed by atoms with Gasteiger partial charge in [-0.25, -0.2) is 0 Å². The van der Waals surface area contributed by atoms with Crippen LogP contribution in [0.15, 0.2) is 42.1 Å². The highest BCUT2D eigenvalue weighted by molar-refractivity contribution is 5.85. The third-order valence-electron chi connectivity index (χ3n) is 2.87. The fourth-order valence-corrected chi connectivity index (χ4v) is 1.96. The summed E-state index contributed by atoms with van der Waals surface area (Å²) in [6.07, 6.45) is -3.74. The number of nitrogens with one attached hydrogen (secondary N) is 1.